The molecule has 0 unspecified atom stereocenters. The minimum atomic E-state index is -1.02. The van der Waals surface area contributed by atoms with Gasteiger partial charge in [0.2, 0.25) is 5.91 Å². The van der Waals surface area contributed by atoms with Crippen LogP contribution in [0.15, 0.2) is 36.4 Å². The lowest BCUT2D eigenvalue weighted by Gasteiger charge is -2.39. The van der Waals surface area contributed by atoms with E-state index in [9.17, 15) is 14.7 Å². The summed E-state index contributed by atoms with van der Waals surface area (Å²) in [5.74, 6) is -1.25. The molecule has 2 aromatic carbocycles. The van der Waals surface area contributed by atoms with Crippen molar-refractivity contribution in [3.05, 3.63) is 57.6 Å². The summed E-state index contributed by atoms with van der Waals surface area (Å²) < 4.78 is 0. The highest BCUT2D eigenvalue weighted by molar-refractivity contribution is 6.35. The van der Waals surface area contributed by atoms with Crippen LogP contribution in [0.1, 0.15) is 30.5 Å². The van der Waals surface area contributed by atoms with Crippen LogP contribution in [0.4, 0.5) is 11.4 Å². The van der Waals surface area contributed by atoms with Crippen molar-refractivity contribution in [3.8, 4) is 0 Å². The molecule has 6 nitrogen and oxygen atoms in total. The lowest BCUT2D eigenvalue weighted by atomic mass is 9.90. The van der Waals surface area contributed by atoms with Gasteiger partial charge in [-0.25, -0.2) is 4.79 Å². The number of nitrogens with one attached hydrogen (secondary N) is 1. The number of carbonyl (C=O) groups is 2. The Morgan fingerprint density at radius 1 is 1.29 bits per heavy atom. The normalized spacial score (nSPS) is 17.7. The Labute approximate surface area is 179 Å². The standard InChI is InChI=1S/C19H19Cl2N3O3.ClH/c1-10(25)24(16-5-3-2-4-11(16)9-22)17-8-15(19(26)27)23-14-7-12(20)6-13(21)18(14)17;/h2-7,15,17,23H,8-9,22H2,1H3,(H,26,27);1H/t15-,17+;/m0./s1. The van der Waals surface area contributed by atoms with Crippen LogP contribution >= 0.6 is 35.6 Å². The number of nitrogens with two attached hydrogens (primary N) is 1. The van der Waals surface area contributed by atoms with Gasteiger partial charge in [0, 0.05) is 46.9 Å². The predicted octanol–water partition coefficient (Wildman–Crippen LogP) is 4.24. The number of rotatable bonds is 4. The van der Waals surface area contributed by atoms with Gasteiger partial charge in [0.25, 0.3) is 0 Å². The van der Waals surface area contributed by atoms with Crippen molar-refractivity contribution in [2.24, 2.45) is 5.73 Å². The molecule has 1 heterocycles. The van der Waals surface area contributed by atoms with Crippen LogP contribution < -0.4 is 16.0 Å². The molecule has 28 heavy (non-hydrogen) atoms. The molecule has 0 bridgehead atoms. The summed E-state index contributed by atoms with van der Waals surface area (Å²) in [7, 11) is 0. The maximum atomic E-state index is 12.6. The number of anilines is 2. The van der Waals surface area contributed by atoms with E-state index in [1.54, 1.807) is 23.1 Å². The van der Waals surface area contributed by atoms with E-state index in [1.807, 2.05) is 18.2 Å². The highest BCUT2D eigenvalue weighted by Gasteiger charge is 2.38. The monoisotopic (exact) mass is 443 g/mol. The highest BCUT2D eigenvalue weighted by atomic mass is 35.5. The Bertz CT molecular complexity index is 907. The number of fused-ring (bicyclic) bond motifs is 1. The molecule has 2 atom stereocenters. The van der Waals surface area contributed by atoms with Crippen molar-refractivity contribution >= 4 is 58.9 Å². The second kappa shape index (κ2) is 9.01. The minimum Gasteiger partial charge on any atom is -0.480 e. The molecule has 0 fully saturated rings. The first-order valence-corrected chi connectivity index (χ1v) is 9.15. The first-order valence-electron chi connectivity index (χ1n) is 8.39. The van der Waals surface area contributed by atoms with Gasteiger partial charge in [0.1, 0.15) is 6.04 Å². The van der Waals surface area contributed by atoms with Crippen molar-refractivity contribution in [1.82, 2.24) is 0 Å². The number of para-hydroxylation sites is 1. The molecule has 1 amide bonds. The minimum absolute atomic E-state index is 0. The third-order valence-electron chi connectivity index (χ3n) is 4.64. The van der Waals surface area contributed by atoms with E-state index in [4.69, 9.17) is 28.9 Å². The molecule has 1 aliphatic heterocycles. The first-order chi connectivity index (χ1) is 12.8. The Morgan fingerprint density at radius 2 is 1.96 bits per heavy atom. The van der Waals surface area contributed by atoms with Gasteiger partial charge < -0.3 is 21.1 Å². The average Bonchev–Trinajstić information content (AvgIpc) is 2.61. The van der Waals surface area contributed by atoms with E-state index in [1.165, 1.54) is 6.92 Å². The number of hydrogen-bond acceptors (Lipinski definition) is 4. The molecule has 9 heteroatoms. The molecule has 0 saturated heterocycles. The number of hydrogen-bond donors (Lipinski definition) is 3. The Hall–Kier alpha value is -1.99. The van der Waals surface area contributed by atoms with Gasteiger partial charge in [0.15, 0.2) is 0 Å². The Balaban J connectivity index is 0.00000280. The van der Waals surface area contributed by atoms with Crippen LogP contribution in [0.25, 0.3) is 0 Å². The third kappa shape index (κ3) is 4.20. The van der Waals surface area contributed by atoms with Crippen molar-refractivity contribution < 1.29 is 14.7 Å². The maximum absolute atomic E-state index is 12.6. The summed E-state index contributed by atoms with van der Waals surface area (Å²) >= 11 is 12.5. The van der Waals surface area contributed by atoms with Crippen LogP contribution in [0.2, 0.25) is 10.0 Å². The van der Waals surface area contributed by atoms with Crippen LogP contribution in [0.5, 0.6) is 0 Å². The lowest BCUT2D eigenvalue weighted by Crippen LogP contribution is -2.43. The van der Waals surface area contributed by atoms with Gasteiger partial charge in [-0.1, -0.05) is 41.4 Å². The molecule has 3 rings (SSSR count). The van der Waals surface area contributed by atoms with E-state index in [0.717, 1.165) is 5.56 Å². The van der Waals surface area contributed by atoms with Crippen molar-refractivity contribution in [2.75, 3.05) is 10.2 Å². The van der Waals surface area contributed by atoms with E-state index in [2.05, 4.69) is 5.32 Å². The number of aliphatic carboxylic acids is 1. The average molecular weight is 445 g/mol. The van der Waals surface area contributed by atoms with Crippen molar-refractivity contribution in [2.45, 2.75) is 32.0 Å². The topological polar surface area (TPSA) is 95.7 Å². The SMILES string of the molecule is CC(=O)N(c1ccccc1CN)[C@@H]1C[C@@H](C(=O)O)Nc2cc(Cl)cc(Cl)c21.Cl. The number of carboxylic acid groups (broad SMARTS) is 1. The molecule has 2 aromatic rings. The summed E-state index contributed by atoms with van der Waals surface area (Å²) in [6, 6.07) is 9.04. The summed E-state index contributed by atoms with van der Waals surface area (Å²) in [5.41, 5.74) is 8.42. The van der Waals surface area contributed by atoms with Gasteiger partial charge in [0.05, 0.1) is 6.04 Å². The predicted molar refractivity (Wildman–Crippen MR) is 114 cm³/mol. The fraction of sp³-hybridized carbons (Fsp3) is 0.263. The second-order valence-corrected chi connectivity index (χ2v) is 7.20. The molecule has 0 saturated carbocycles. The number of benzene rings is 2. The summed E-state index contributed by atoms with van der Waals surface area (Å²) in [5, 5.41) is 13.3. The van der Waals surface area contributed by atoms with Crippen LogP contribution in [0, 0.1) is 0 Å². The zero-order valence-corrected chi connectivity index (χ0v) is 17.3. The van der Waals surface area contributed by atoms with Crippen molar-refractivity contribution in [3.63, 3.8) is 0 Å². The number of amides is 1. The van der Waals surface area contributed by atoms with E-state index in [0.29, 0.717) is 27.0 Å². The number of nitrogens with zero attached hydrogens (tertiary/aromatic N) is 1. The van der Waals surface area contributed by atoms with Gasteiger partial charge in [-0.2, -0.15) is 0 Å². The highest BCUT2D eigenvalue weighted by Crippen LogP contribution is 2.44. The Kier molecular flexibility index (Phi) is 7.17. The zero-order valence-electron chi connectivity index (χ0n) is 15.0. The molecule has 0 aromatic heterocycles. The van der Waals surface area contributed by atoms with Gasteiger partial charge in [-0.05, 0) is 23.8 Å². The molecule has 150 valence electrons. The molecular formula is C19H20Cl3N3O3. The van der Waals surface area contributed by atoms with Gasteiger partial charge in [-0.3, -0.25) is 4.79 Å². The maximum Gasteiger partial charge on any atom is 0.326 e. The van der Waals surface area contributed by atoms with E-state index < -0.39 is 18.1 Å². The van der Waals surface area contributed by atoms with E-state index >= 15 is 0 Å². The fourth-order valence-corrected chi connectivity index (χ4v) is 4.12. The zero-order chi connectivity index (χ0) is 19.7. The summed E-state index contributed by atoms with van der Waals surface area (Å²) in [6.07, 6.45) is 0.155. The third-order valence-corrected chi connectivity index (χ3v) is 5.17. The molecule has 4 N–H and O–H groups in total. The number of carbonyl (C=O) groups excluding carboxylic acids is 1. The molecule has 0 spiro atoms. The van der Waals surface area contributed by atoms with Crippen LogP contribution in [-0.4, -0.2) is 23.0 Å². The molecule has 0 radical (unpaired) electrons. The molecule has 1 aliphatic rings. The lowest BCUT2D eigenvalue weighted by molar-refractivity contribution is -0.138. The van der Waals surface area contributed by atoms with Gasteiger partial charge in [-0.15, -0.1) is 12.4 Å². The summed E-state index contributed by atoms with van der Waals surface area (Å²) in [6.45, 7) is 1.68. The first kappa shape index (κ1) is 22.3. The molecule has 0 aliphatic carbocycles. The fourth-order valence-electron chi connectivity index (χ4n) is 3.50. The second-order valence-electron chi connectivity index (χ2n) is 6.36. The van der Waals surface area contributed by atoms with Crippen molar-refractivity contribution in [1.29, 1.82) is 0 Å². The van der Waals surface area contributed by atoms with Gasteiger partial charge >= 0.3 is 5.97 Å². The number of halogens is 3. The van der Waals surface area contributed by atoms with E-state index in [-0.39, 0.29) is 31.3 Å². The van der Waals surface area contributed by atoms with Crippen LogP contribution in [0.3, 0.4) is 0 Å². The van der Waals surface area contributed by atoms with Crippen LogP contribution in [-0.2, 0) is 16.1 Å². The summed E-state index contributed by atoms with van der Waals surface area (Å²) in [4.78, 5) is 25.9. The molecular weight excluding hydrogens is 425 g/mol. The largest absolute Gasteiger partial charge is 0.480 e. The Morgan fingerprint density at radius 3 is 2.57 bits per heavy atom. The number of carboxylic acids is 1. The smallest absolute Gasteiger partial charge is 0.326 e. The quantitative estimate of drug-likeness (QED) is 0.655.